The van der Waals surface area contributed by atoms with Gasteiger partial charge in [-0.25, -0.2) is 0 Å². The van der Waals surface area contributed by atoms with Crippen LogP contribution in [0.1, 0.15) is 24.3 Å². The molecule has 6 heterocycles. The van der Waals surface area contributed by atoms with Gasteiger partial charge in [-0.2, -0.15) is 0 Å². The lowest BCUT2D eigenvalue weighted by atomic mass is 9.94. The molecule has 25 heteroatoms. The zero-order valence-corrected chi connectivity index (χ0v) is 50.2. The molecule has 6 aliphatic heterocycles. The zero-order chi connectivity index (χ0) is 59.2. The number of ether oxygens (including phenoxy) is 25. The smallest absolute Gasteiger partial charge is 0.187 e. The first-order valence-corrected chi connectivity index (χ1v) is 28.1. The van der Waals surface area contributed by atoms with Crippen LogP contribution in [0.4, 0.5) is 0 Å². The summed E-state index contributed by atoms with van der Waals surface area (Å²) in [7, 11) is 20.2. The Morgan fingerprint density at radius 1 is 0.361 bits per heavy atom. The first kappa shape index (κ1) is 66.4. The summed E-state index contributed by atoms with van der Waals surface area (Å²) in [5.74, 6) is 0. The van der Waals surface area contributed by atoms with Gasteiger partial charge >= 0.3 is 0 Å². The Morgan fingerprint density at radius 3 is 1.12 bits per heavy atom. The van der Waals surface area contributed by atoms with Crippen molar-refractivity contribution in [2.24, 2.45) is 0 Å². The molecule has 8 rings (SSSR count). The number of methoxy groups -OCH3 is 13. The molecule has 0 saturated carbocycles. The first-order chi connectivity index (χ1) is 40.5. The van der Waals surface area contributed by atoms with Crippen LogP contribution < -0.4 is 0 Å². The maximum absolute atomic E-state index is 6.98. The van der Waals surface area contributed by atoms with E-state index in [-0.39, 0.29) is 39.1 Å². The number of hydrogen-bond acceptors (Lipinski definition) is 25. The SMILES string of the molecule is COCC1O[C@@H](O[C@H]2C(OC)C(OC)[C@@H](O[C@H]3C(OC)C(OC)[C@@H](O[C@H]4C(COCc5ccccc5)O[C@@H](C)C(OC)[C@H]4OC)O[C@@H]3COC)O[C@@H]2COC)C(OC)[C@@H](OC)[C@H]1O[C@@H]1OC2COC(c3ccccc3)O[C@@H]2[C@H](OC)C1OC. The van der Waals surface area contributed by atoms with Crippen molar-refractivity contribution in [3.63, 3.8) is 0 Å². The standard InChI is InChI=1S/C58H90O25/c1-31-39(62-5)45(63-6)43(37(74-31)29-72-25-32-21-17-15-18-22-32)83-57-52(70-13)47(65-8)41(35(77-57)27-60-3)81-55-50(68-11)46(64-7)40(34(75-55)26-59-2)80-56-51(69-12)48(66-9)42(36(76-56)28-61-4)82-58-53(71-14)49(67-10)44-38(78-58)30-73-54(79-44)33-23-19-16-20-24-33/h15-24,31,34-58H,25-30H2,1-14H3/t31-,34+,35+,36?,37?,38?,39?,40+,41+,42-,43-,44-,45+,46?,47?,48-,49-,50?,51?,52?,53?,54?,55+,56-,57+,58-/m0/s1. The number of benzene rings is 2. The van der Waals surface area contributed by atoms with E-state index in [1.807, 2.05) is 67.6 Å². The minimum absolute atomic E-state index is 0.0142. The molecule has 472 valence electrons. The molecule has 0 spiro atoms. The number of fused-ring (bicyclic) bond motifs is 1. The molecule has 0 N–H and O–H groups in total. The van der Waals surface area contributed by atoms with Crippen molar-refractivity contribution in [2.75, 3.05) is 125 Å². The fourth-order valence-corrected chi connectivity index (χ4v) is 12.3. The molecule has 0 radical (unpaired) electrons. The van der Waals surface area contributed by atoms with Gasteiger partial charge in [0.05, 0.1) is 45.7 Å². The van der Waals surface area contributed by atoms with Crippen molar-refractivity contribution >= 4 is 0 Å². The minimum atomic E-state index is -1.15. The van der Waals surface area contributed by atoms with E-state index < -0.39 is 154 Å². The average Bonchev–Trinajstić information content (AvgIpc) is 3.57. The van der Waals surface area contributed by atoms with Gasteiger partial charge in [0.15, 0.2) is 31.5 Å². The van der Waals surface area contributed by atoms with Gasteiger partial charge in [-0.05, 0) is 12.5 Å². The van der Waals surface area contributed by atoms with Crippen LogP contribution in [0.25, 0.3) is 0 Å². The molecule has 83 heavy (non-hydrogen) atoms. The normalized spacial score (nSPS) is 41.4. The van der Waals surface area contributed by atoms with Crippen molar-refractivity contribution in [1.82, 2.24) is 0 Å². The van der Waals surface area contributed by atoms with E-state index in [1.165, 1.54) is 28.4 Å². The molecular weight excluding hydrogens is 1100 g/mol. The van der Waals surface area contributed by atoms with Crippen molar-refractivity contribution in [1.29, 1.82) is 0 Å². The monoisotopic (exact) mass is 1190 g/mol. The van der Waals surface area contributed by atoms with Crippen LogP contribution >= 0.6 is 0 Å². The molecule has 2 aromatic rings. The third-order valence-electron chi connectivity index (χ3n) is 16.3. The van der Waals surface area contributed by atoms with Crippen molar-refractivity contribution in [2.45, 2.75) is 173 Å². The fraction of sp³-hybridized carbons (Fsp3) is 0.793. The molecule has 26 atom stereocenters. The Labute approximate surface area is 487 Å². The lowest BCUT2D eigenvalue weighted by molar-refractivity contribution is -0.403. The third-order valence-corrected chi connectivity index (χ3v) is 16.3. The summed E-state index contributed by atoms with van der Waals surface area (Å²) in [6.45, 7) is 2.76. The lowest BCUT2D eigenvalue weighted by Crippen LogP contribution is -2.69. The van der Waals surface area contributed by atoms with Crippen LogP contribution in [0.2, 0.25) is 0 Å². The van der Waals surface area contributed by atoms with Crippen LogP contribution in [0.5, 0.6) is 0 Å². The third kappa shape index (κ3) is 15.1. The summed E-state index contributed by atoms with van der Waals surface area (Å²) in [6.07, 6.45) is -20.9. The Kier molecular flexibility index (Phi) is 26.1. The van der Waals surface area contributed by atoms with E-state index in [0.717, 1.165) is 11.1 Å². The predicted molar refractivity (Wildman–Crippen MR) is 288 cm³/mol. The summed E-state index contributed by atoms with van der Waals surface area (Å²) in [4.78, 5) is 0. The van der Waals surface area contributed by atoms with Gasteiger partial charge in [-0.15, -0.1) is 0 Å². The maximum Gasteiger partial charge on any atom is 0.187 e. The highest BCUT2D eigenvalue weighted by atomic mass is 16.8. The minimum Gasteiger partial charge on any atom is -0.382 e. The van der Waals surface area contributed by atoms with Crippen LogP contribution in [0, 0.1) is 0 Å². The second-order valence-corrected chi connectivity index (χ2v) is 21.0. The number of hydrogen-bond donors (Lipinski definition) is 0. The molecule has 2 aromatic carbocycles. The molecule has 0 amide bonds. The van der Waals surface area contributed by atoms with Crippen LogP contribution in [-0.2, 0) is 125 Å². The molecule has 25 nitrogen and oxygen atoms in total. The second kappa shape index (κ2) is 32.6. The van der Waals surface area contributed by atoms with Crippen LogP contribution in [0.3, 0.4) is 0 Å². The molecule has 0 bridgehead atoms. The molecular formula is C58H90O25. The Morgan fingerprint density at radius 2 is 0.723 bits per heavy atom. The highest BCUT2D eigenvalue weighted by Gasteiger charge is 2.59. The molecule has 6 aliphatic rings. The summed E-state index contributed by atoms with van der Waals surface area (Å²) >= 11 is 0. The first-order valence-electron chi connectivity index (χ1n) is 28.1. The maximum atomic E-state index is 6.98. The molecule has 6 saturated heterocycles. The van der Waals surface area contributed by atoms with E-state index in [2.05, 4.69) is 0 Å². The highest BCUT2D eigenvalue weighted by Crippen LogP contribution is 2.41. The van der Waals surface area contributed by atoms with Crippen LogP contribution in [-0.4, -0.2) is 279 Å². The summed E-state index contributed by atoms with van der Waals surface area (Å²) in [6, 6.07) is 19.5. The van der Waals surface area contributed by atoms with Gasteiger partial charge in [0, 0.05) is 98.0 Å². The highest BCUT2D eigenvalue weighted by molar-refractivity contribution is 5.17. The van der Waals surface area contributed by atoms with E-state index in [9.17, 15) is 0 Å². The average molecular weight is 1190 g/mol. The Hall–Kier alpha value is -2.56. The molecule has 0 aromatic heterocycles. The van der Waals surface area contributed by atoms with E-state index in [1.54, 1.807) is 64.0 Å². The lowest BCUT2D eigenvalue weighted by Gasteiger charge is -2.52. The van der Waals surface area contributed by atoms with Crippen molar-refractivity contribution < 1.29 is 118 Å². The van der Waals surface area contributed by atoms with Crippen molar-refractivity contribution in [3.05, 3.63) is 71.8 Å². The van der Waals surface area contributed by atoms with E-state index in [4.69, 9.17) is 118 Å². The van der Waals surface area contributed by atoms with Gasteiger partial charge in [0.25, 0.3) is 0 Å². The van der Waals surface area contributed by atoms with Gasteiger partial charge < -0.3 is 118 Å². The number of rotatable bonds is 29. The second-order valence-electron chi connectivity index (χ2n) is 21.0. The van der Waals surface area contributed by atoms with E-state index in [0.29, 0.717) is 6.61 Å². The van der Waals surface area contributed by atoms with E-state index >= 15 is 0 Å². The molecule has 0 aliphatic carbocycles. The predicted octanol–water partition coefficient (Wildman–Crippen LogP) is 2.63. The van der Waals surface area contributed by atoms with Gasteiger partial charge in [0.2, 0.25) is 0 Å². The summed E-state index contributed by atoms with van der Waals surface area (Å²) in [5.41, 5.74) is 1.87. The largest absolute Gasteiger partial charge is 0.382 e. The van der Waals surface area contributed by atoms with Gasteiger partial charge in [0.1, 0.15) is 122 Å². The van der Waals surface area contributed by atoms with Crippen molar-refractivity contribution in [3.8, 4) is 0 Å². The quantitative estimate of drug-likeness (QED) is 0.114. The summed E-state index contributed by atoms with van der Waals surface area (Å²) < 4.78 is 159. The summed E-state index contributed by atoms with van der Waals surface area (Å²) in [5, 5.41) is 0. The molecule has 11 unspecified atom stereocenters. The molecule has 6 fully saturated rings. The van der Waals surface area contributed by atoms with Crippen LogP contribution in [0.15, 0.2) is 60.7 Å². The zero-order valence-electron chi connectivity index (χ0n) is 50.2. The Balaban J connectivity index is 0.990. The topological polar surface area (TPSA) is 231 Å². The van der Waals surface area contributed by atoms with Gasteiger partial charge in [-0.1, -0.05) is 60.7 Å². The van der Waals surface area contributed by atoms with Gasteiger partial charge in [-0.3, -0.25) is 0 Å². The fourth-order valence-electron chi connectivity index (χ4n) is 12.3. The Bertz CT molecular complexity index is 2120.